The van der Waals surface area contributed by atoms with Gasteiger partial charge in [0.15, 0.2) is 5.75 Å². The van der Waals surface area contributed by atoms with E-state index in [1.807, 2.05) is 13.8 Å². The molecular weight excluding hydrogens is 280 g/mol. The van der Waals surface area contributed by atoms with Crippen LogP contribution in [0, 0.1) is 0 Å². The average Bonchev–Trinajstić information content (AvgIpc) is 2.39. The lowest BCUT2D eigenvalue weighted by molar-refractivity contribution is -0.133. The summed E-state index contributed by atoms with van der Waals surface area (Å²) in [4.78, 5) is 25.2. The number of fused-ring (bicyclic) bond motifs is 1. The van der Waals surface area contributed by atoms with Crippen LogP contribution in [0.2, 0.25) is 5.02 Å². The first-order valence-electron chi connectivity index (χ1n) is 6.54. The van der Waals surface area contributed by atoms with Crippen LogP contribution >= 0.6 is 11.6 Å². The second-order valence-electron chi connectivity index (χ2n) is 4.82. The van der Waals surface area contributed by atoms with Gasteiger partial charge in [-0.15, -0.1) is 0 Å². The Bertz CT molecular complexity index is 533. The zero-order valence-electron chi connectivity index (χ0n) is 11.5. The van der Waals surface area contributed by atoms with E-state index in [1.54, 1.807) is 23.1 Å². The number of rotatable bonds is 4. The van der Waals surface area contributed by atoms with Crippen molar-refractivity contribution in [2.24, 2.45) is 0 Å². The largest absolute Gasteiger partial charge is 0.423 e. The Kier molecular flexibility index (Phi) is 4.49. The highest BCUT2D eigenvalue weighted by atomic mass is 35.5. The number of carbonyl (C=O) groups excluding carboxylic acids is 2. The van der Waals surface area contributed by atoms with Crippen molar-refractivity contribution < 1.29 is 14.3 Å². The van der Waals surface area contributed by atoms with E-state index in [4.69, 9.17) is 16.3 Å². The molecule has 1 atom stereocenters. The fourth-order valence-corrected chi connectivity index (χ4v) is 2.12. The smallest absolute Gasteiger partial charge is 0.331 e. The average molecular weight is 297 g/mol. The number of esters is 1. The maximum absolute atomic E-state index is 11.9. The van der Waals surface area contributed by atoms with Gasteiger partial charge < -0.3 is 15.0 Å². The predicted octanol–water partition coefficient (Wildman–Crippen LogP) is 1.98. The van der Waals surface area contributed by atoms with E-state index in [2.05, 4.69) is 5.32 Å². The topological polar surface area (TPSA) is 58.6 Å². The minimum atomic E-state index is -0.379. The van der Waals surface area contributed by atoms with Crippen LogP contribution in [0.15, 0.2) is 18.2 Å². The Balaban J connectivity index is 2.14. The van der Waals surface area contributed by atoms with Crippen LogP contribution in [-0.2, 0) is 9.59 Å². The van der Waals surface area contributed by atoms with Gasteiger partial charge in [0.1, 0.15) is 6.54 Å². The van der Waals surface area contributed by atoms with Crippen molar-refractivity contribution in [3.63, 3.8) is 0 Å². The van der Waals surface area contributed by atoms with E-state index in [1.165, 1.54) is 0 Å². The highest BCUT2D eigenvalue weighted by molar-refractivity contribution is 6.31. The van der Waals surface area contributed by atoms with Crippen molar-refractivity contribution in [1.82, 2.24) is 5.32 Å². The summed E-state index contributed by atoms with van der Waals surface area (Å²) in [7, 11) is 0. The van der Waals surface area contributed by atoms with Gasteiger partial charge in [-0.1, -0.05) is 18.5 Å². The van der Waals surface area contributed by atoms with E-state index in [0.29, 0.717) is 16.5 Å². The molecule has 1 N–H and O–H groups in total. The molecule has 5 nitrogen and oxygen atoms in total. The molecule has 1 aliphatic heterocycles. The molecule has 20 heavy (non-hydrogen) atoms. The van der Waals surface area contributed by atoms with Gasteiger partial charge in [0.2, 0.25) is 5.91 Å². The molecule has 0 radical (unpaired) electrons. The highest BCUT2D eigenvalue weighted by Gasteiger charge is 2.26. The van der Waals surface area contributed by atoms with Crippen molar-refractivity contribution in [3.05, 3.63) is 23.2 Å². The van der Waals surface area contributed by atoms with Crippen molar-refractivity contribution in [3.8, 4) is 5.75 Å². The summed E-state index contributed by atoms with van der Waals surface area (Å²) < 4.78 is 5.13. The van der Waals surface area contributed by atoms with E-state index >= 15 is 0 Å². The number of halogens is 1. The SMILES string of the molecule is CCC(C)NC(=O)CN1CC(=O)Oc2ccc(Cl)cc21. The number of carbonyl (C=O) groups is 2. The zero-order chi connectivity index (χ0) is 14.7. The third kappa shape index (κ3) is 3.42. The molecule has 1 amide bonds. The first-order valence-corrected chi connectivity index (χ1v) is 6.92. The zero-order valence-corrected chi connectivity index (χ0v) is 12.2. The van der Waals surface area contributed by atoms with Gasteiger partial charge in [0.25, 0.3) is 0 Å². The third-order valence-corrected chi connectivity index (χ3v) is 3.39. The molecule has 0 aliphatic carbocycles. The minimum absolute atomic E-state index is 0.0429. The fourth-order valence-electron chi connectivity index (χ4n) is 1.96. The van der Waals surface area contributed by atoms with Gasteiger partial charge in [-0.25, -0.2) is 4.79 Å². The summed E-state index contributed by atoms with van der Waals surface area (Å²) in [6.07, 6.45) is 0.857. The molecule has 1 aromatic rings. The Morgan fingerprint density at radius 3 is 3.00 bits per heavy atom. The number of ether oxygens (including phenoxy) is 1. The molecule has 1 unspecified atom stereocenters. The lowest BCUT2D eigenvalue weighted by atomic mass is 10.2. The molecule has 0 saturated carbocycles. The van der Waals surface area contributed by atoms with Crippen LogP contribution in [0.5, 0.6) is 5.75 Å². The number of hydrogen-bond acceptors (Lipinski definition) is 4. The molecule has 1 aromatic carbocycles. The molecule has 0 spiro atoms. The Hall–Kier alpha value is -1.75. The summed E-state index contributed by atoms with van der Waals surface area (Å²) in [5, 5.41) is 3.41. The molecule has 0 fully saturated rings. The van der Waals surface area contributed by atoms with Crippen molar-refractivity contribution in [2.45, 2.75) is 26.3 Å². The summed E-state index contributed by atoms with van der Waals surface area (Å²) in [6.45, 7) is 4.08. The number of nitrogens with zero attached hydrogens (tertiary/aromatic N) is 1. The van der Waals surface area contributed by atoms with Crippen LogP contribution in [0.25, 0.3) is 0 Å². The maximum Gasteiger partial charge on any atom is 0.331 e. The first kappa shape index (κ1) is 14.7. The molecule has 6 heteroatoms. The Morgan fingerprint density at radius 1 is 1.55 bits per heavy atom. The summed E-state index contributed by atoms with van der Waals surface area (Å²) >= 11 is 5.95. The van der Waals surface area contributed by atoms with E-state index in [0.717, 1.165) is 6.42 Å². The minimum Gasteiger partial charge on any atom is -0.423 e. The summed E-state index contributed by atoms with van der Waals surface area (Å²) in [6, 6.07) is 5.09. The monoisotopic (exact) mass is 296 g/mol. The quantitative estimate of drug-likeness (QED) is 0.682. The van der Waals surface area contributed by atoms with Crippen LogP contribution in [0.3, 0.4) is 0 Å². The fraction of sp³-hybridized carbons (Fsp3) is 0.429. The predicted molar refractivity (Wildman–Crippen MR) is 77.2 cm³/mol. The molecule has 0 bridgehead atoms. The number of hydrogen-bond donors (Lipinski definition) is 1. The van der Waals surface area contributed by atoms with Crippen LogP contribution in [0.1, 0.15) is 20.3 Å². The molecule has 2 rings (SSSR count). The highest BCUT2D eigenvalue weighted by Crippen LogP contribution is 2.34. The van der Waals surface area contributed by atoms with E-state index in [9.17, 15) is 9.59 Å². The second kappa shape index (κ2) is 6.13. The lowest BCUT2D eigenvalue weighted by Gasteiger charge is -2.29. The van der Waals surface area contributed by atoms with Gasteiger partial charge in [0.05, 0.1) is 12.2 Å². The number of amides is 1. The van der Waals surface area contributed by atoms with Crippen LogP contribution < -0.4 is 15.0 Å². The van der Waals surface area contributed by atoms with Crippen LogP contribution in [0.4, 0.5) is 5.69 Å². The first-order chi connectivity index (χ1) is 9.49. The summed E-state index contributed by atoms with van der Waals surface area (Å²) in [5.41, 5.74) is 0.663. The van der Waals surface area contributed by atoms with Crippen molar-refractivity contribution >= 4 is 29.2 Å². The molecule has 1 aliphatic rings. The molecule has 108 valence electrons. The second-order valence-corrected chi connectivity index (χ2v) is 5.26. The Morgan fingerprint density at radius 2 is 2.30 bits per heavy atom. The maximum atomic E-state index is 11.9. The molecule has 1 heterocycles. The number of nitrogens with one attached hydrogen (secondary N) is 1. The molecule has 0 aromatic heterocycles. The van der Waals surface area contributed by atoms with E-state index in [-0.39, 0.29) is 31.0 Å². The van der Waals surface area contributed by atoms with Gasteiger partial charge in [-0.3, -0.25) is 4.79 Å². The van der Waals surface area contributed by atoms with E-state index < -0.39 is 0 Å². The van der Waals surface area contributed by atoms with Crippen molar-refractivity contribution in [1.29, 1.82) is 0 Å². The normalized spacial score (nSPS) is 15.3. The van der Waals surface area contributed by atoms with Gasteiger partial charge >= 0.3 is 5.97 Å². The number of anilines is 1. The van der Waals surface area contributed by atoms with Gasteiger partial charge in [-0.2, -0.15) is 0 Å². The summed E-state index contributed by atoms with van der Waals surface area (Å²) in [5.74, 6) is -0.0712. The standard InChI is InChI=1S/C14H17ClN2O3/c1-3-9(2)16-13(18)7-17-8-14(19)20-12-5-4-10(15)6-11(12)17/h4-6,9H,3,7-8H2,1-2H3,(H,16,18). The van der Waals surface area contributed by atoms with Gasteiger partial charge in [0, 0.05) is 11.1 Å². The Labute approximate surface area is 122 Å². The van der Waals surface area contributed by atoms with Gasteiger partial charge in [-0.05, 0) is 31.5 Å². The lowest BCUT2D eigenvalue weighted by Crippen LogP contribution is -2.45. The number of benzene rings is 1. The molecular formula is C14H17ClN2O3. The van der Waals surface area contributed by atoms with Crippen molar-refractivity contribution in [2.75, 3.05) is 18.0 Å². The van der Waals surface area contributed by atoms with Crippen LogP contribution in [-0.4, -0.2) is 31.0 Å². The molecule has 0 saturated heterocycles. The third-order valence-electron chi connectivity index (χ3n) is 3.16.